The molecule has 5 heteroatoms. The molecule has 1 aromatic heterocycles. The van der Waals surface area contributed by atoms with Crippen LogP contribution in [0.1, 0.15) is 5.69 Å². The normalized spacial score (nSPS) is 12.2. The number of aliphatic hydroxyl groups is 1. The van der Waals surface area contributed by atoms with Gasteiger partial charge in [-0.25, -0.2) is 4.98 Å². The van der Waals surface area contributed by atoms with Crippen LogP contribution in [0.5, 0.6) is 0 Å². The van der Waals surface area contributed by atoms with Crippen molar-refractivity contribution < 1.29 is 5.11 Å². The molecule has 0 bridgehead atoms. The predicted molar refractivity (Wildman–Crippen MR) is 44.6 cm³/mol. The van der Waals surface area contributed by atoms with E-state index < -0.39 is 0 Å². The van der Waals surface area contributed by atoms with E-state index in [1.165, 1.54) is 0 Å². The molecule has 1 aromatic rings. The zero-order valence-corrected chi connectivity index (χ0v) is 6.84. The highest BCUT2D eigenvalue weighted by molar-refractivity contribution is 5.85. The standard InChI is InChI=1S/C6H11N3O.ClH/c7-5(3-10)1-6-2-8-4-9-6;/h2,4-5,10H,1,3,7H2,(H,8,9);1H. The van der Waals surface area contributed by atoms with Crippen LogP contribution in [0.25, 0.3) is 0 Å². The van der Waals surface area contributed by atoms with Gasteiger partial charge in [0.15, 0.2) is 0 Å². The van der Waals surface area contributed by atoms with Crippen LogP contribution in [0.2, 0.25) is 0 Å². The second kappa shape index (κ2) is 5.12. The summed E-state index contributed by atoms with van der Waals surface area (Å²) in [6.45, 7) is 0.00681. The van der Waals surface area contributed by atoms with Crippen molar-refractivity contribution in [1.82, 2.24) is 9.97 Å². The van der Waals surface area contributed by atoms with Gasteiger partial charge in [-0.2, -0.15) is 0 Å². The lowest BCUT2D eigenvalue weighted by Crippen LogP contribution is -2.26. The summed E-state index contributed by atoms with van der Waals surface area (Å²) >= 11 is 0. The molecule has 1 rings (SSSR count). The number of H-pyrrole nitrogens is 1. The number of nitrogens with one attached hydrogen (secondary N) is 1. The molecule has 0 saturated carbocycles. The maximum Gasteiger partial charge on any atom is 0.0923 e. The van der Waals surface area contributed by atoms with E-state index in [0.717, 1.165) is 5.69 Å². The van der Waals surface area contributed by atoms with Gasteiger partial charge in [0, 0.05) is 18.7 Å². The highest BCUT2D eigenvalue weighted by Crippen LogP contribution is 1.94. The quantitative estimate of drug-likeness (QED) is 0.593. The first kappa shape index (κ1) is 10.4. The minimum atomic E-state index is -0.191. The van der Waals surface area contributed by atoms with Crippen LogP contribution in [-0.4, -0.2) is 27.7 Å². The van der Waals surface area contributed by atoms with E-state index in [4.69, 9.17) is 10.8 Å². The van der Waals surface area contributed by atoms with Crippen molar-refractivity contribution in [2.45, 2.75) is 12.5 Å². The largest absolute Gasteiger partial charge is 0.395 e. The van der Waals surface area contributed by atoms with Crippen LogP contribution in [0, 0.1) is 0 Å². The Hall–Kier alpha value is -0.580. The number of hydrogen-bond donors (Lipinski definition) is 3. The Bertz CT molecular complexity index is 178. The summed E-state index contributed by atoms with van der Waals surface area (Å²) in [5, 5.41) is 8.57. The maximum absolute atomic E-state index is 8.57. The van der Waals surface area contributed by atoms with Gasteiger partial charge in [-0.15, -0.1) is 12.4 Å². The van der Waals surface area contributed by atoms with Crippen molar-refractivity contribution >= 4 is 12.4 Å². The van der Waals surface area contributed by atoms with Gasteiger partial charge < -0.3 is 15.8 Å². The van der Waals surface area contributed by atoms with Gasteiger partial charge in [-0.3, -0.25) is 0 Å². The van der Waals surface area contributed by atoms with E-state index in [0.29, 0.717) is 6.42 Å². The minimum Gasteiger partial charge on any atom is -0.395 e. The second-order valence-electron chi connectivity index (χ2n) is 2.21. The third kappa shape index (κ3) is 3.36. The summed E-state index contributed by atoms with van der Waals surface area (Å²) in [6.07, 6.45) is 3.99. The van der Waals surface area contributed by atoms with Crippen molar-refractivity contribution in [3.8, 4) is 0 Å². The Balaban J connectivity index is 0.000001000. The van der Waals surface area contributed by atoms with Crippen molar-refractivity contribution in [2.24, 2.45) is 5.73 Å². The molecule has 1 heterocycles. The topological polar surface area (TPSA) is 74.9 Å². The number of rotatable bonds is 3. The lowest BCUT2D eigenvalue weighted by molar-refractivity contribution is 0.264. The van der Waals surface area contributed by atoms with Crippen LogP contribution in [0.4, 0.5) is 0 Å². The first-order valence-corrected chi connectivity index (χ1v) is 3.17. The summed E-state index contributed by atoms with van der Waals surface area (Å²) in [6, 6.07) is -0.191. The van der Waals surface area contributed by atoms with Crippen molar-refractivity contribution in [2.75, 3.05) is 6.61 Å². The van der Waals surface area contributed by atoms with Gasteiger partial charge in [0.05, 0.1) is 18.6 Å². The molecule has 1 atom stereocenters. The van der Waals surface area contributed by atoms with Crippen molar-refractivity contribution in [1.29, 1.82) is 0 Å². The van der Waals surface area contributed by atoms with E-state index >= 15 is 0 Å². The first-order chi connectivity index (χ1) is 4.83. The van der Waals surface area contributed by atoms with Gasteiger partial charge >= 0.3 is 0 Å². The first-order valence-electron chi connectivity index (χ1n) is 3.17. The van der Waals surface area contributed by atoms with Crippen molar-refractivity contribution in [3.63, 3.8) is 0 Å². The van der Waals surface area contributed by atoms with E-state index in [1.807, 2.05) is 0 Å². The molecule has 0 radical (unpaired) electrons. The Morgan fingerprint density at radius 3 is 2.91 bits per heavy atom. The van der Waals surface area contributed by atoms with E-state index in [2.05, 4.69) is 9.97 Å². The Morgan fingerprint density at radius 2 is 2.45 bits per heavy atom. The third-order valence-corrected chi connectivity index (χ3v) is 1.26. The second-order valence-corrected chi connectivity index (χ2v) is 2.21. The molecule has 11 heavy (non-hydrogen) atoms. The van der Waals surface area contributed by atoms with Gasteiger partial charge in [0.1, 0.15) is 0 Å². The SMILES string of the molecule is Cl.NC(CO)Cc1c[nH]cn1. The van der Waals surface area contributed by atoms with Crippen LogP contribution < -0.4 is 5.73 Å². The number of nitrogens with zero attached hydrogens (tertiary/aromatic N) is 1. The summed E-state index contributed by atoms with van der Waals surface area (Å²) in [4.78, 5) is 6.77. The molecular formula is C6H12ClN3O. The number of aliphatic hydroxyl groups excluding tert-OH is 1. The molecule has 64 valence electrons. The summed E-state index contributed by atoms with van der Waals surface area (Å²) in [5.74, 6) is 0. The Labute approximate surface area is 71.2 Å². The average molecular weight is 178 g/mol. The monoisotopic (exact) mass is 177 g/mol. The lowest BCUT2D eigenvalue weighted by atomic mass is 10.2. The molecule has 0 fully saturated rings. The molecule has 4 nitrogen and oxygen atoms in total. The zero-order valence-electron chi connectivity index (χ0n) is 6.03. The van der Waals surface area contributed by atoms with Crippen LogP contribution in [0.3, 0.4) is 0 Å². The fraction of sp³-hybridized carbons (Fsp3) is 0.500. The highest BCUT2D eigenvalue weighted by atomic mass is 35.5. The van der Waals surface area contributed by atoms with Crippen LogP contribution >= 0.6 is 12.4 Å². The van der Waals surface area contributed by atoms with Gasteiger partial charge in [-0.05, 0) is 0 Å². The fourth-order valence-corrected chi connectivity index (χ4v) is 0.736. The van der Waals surface area contributed by atoms with E-state index in [-0.39, 0.29) is 25.1 Å². The Kier molecular flexibility index (Phi) is 4.85. The minimum absolute atomic E-state index is 0. The van der Waals surface area contributed by atoms with Gasteiger partial charge in [-0.1, -0.05) is 0 Å². The van der Waals surface area contributed by atoms with Gasteiger partial charge in [0.2, 0.25) is 0 Å². The average Bonchev–Trinajstić information content (AvgIpc) is 2.40. The Morgan fingerprint density at radius 1 is 1.73 bits per heavy atom. The predicted octanol–water partition coefficient (Wildman–Crippen LogP) is -0.306. The summed E-state index contributed by atoms with van der Waals surface area (Å²) in [7, 11) is 0. The molecule has 1 unspecified atom stereocenters. The molecule has 0 aliphatic carbocycles. The van der Waals surface area contributed by atoms with Crippen LogP contribution in [-0.2, 0) is 6.42 Å². The number of aromatic nitrogens is 2. The smallest absolute Gasteiger partial charge is 0.0923 e. The molecule has 0 aliphatic rings. The number of imidazole rings is 1. The third-order valence-electron chi connectivity index (χ3n) is 1.26. The highest BCUT2D eigenvalue weighted by Gasteiger charge is 2.02. The summed E-state index contributed by atoms with van der Waals surface area (Å²) < 4.78 is 0. The molecule has 0 aliphatic heterocycles. The lowest BCUT2D eigenvalue weighted by Gasteiger charge is -2.03. The molecule has 0 spiro atoms. The molecule has 0 amide bonds. The molecule has 4 N–H and O–H groups in total. The molecule has 0 aromatic carbocycles. The zero-order chi connectivity index (χ0) is 7.40. The molecule has 0 saturated heterocycles. The molecular weight excluding hydrogens is 166 g/mol. The number of hydrogen-bond acceptors (Lipinski definition) is 3. The van der Waals surface area contributed by atoms with Gasteiger partial charge in [0.25, 0.3) is 0 Å². The van der Waals surface area contributed by atoms with Crippen molar-refractivity contribution in [3.05, 3.63) is 18.2 Å². The number of nitrogens with two attached hydrogens (primary N) is 1. The fourth-order valence-electron chi connectivity index (χ4n) is 0.736. The number of halogens is 1. The van der Waals surface area contributed by atoms with E-state index in [9.17, 15) is 0 Å². The maximum atomic E-state index is 8.57. The van der Waals surface area contributed by atoms with Crippen LogP contribution in [0.15, 0.2) is 12.5 Å². The summed E-state index contributed by atoms with van der Waals surface area (Å²) in [5.41, 5.74) is 6.35. The number of aromatic amines is 1. The van der Waals surface area contributed by atoms with E-state index in [1.54, 1.807) is 12.5 Å².